The Morgan fingerprint density at radius 3 is 2.24 bits per heavy atom. The van der Waals surface area contributed by atoms with Crippen molar-refractivity contribution in [1.29, 1.82) is 0 Å². The molecule has 3 aromatic carbocycles. The lowest BCUT2D eigenvalue weighted by molar-refractivity contribution is -0.118. The van der Waals surface area contributed by atoms with Crippen LogP contribution in [0.5, 0.6) is 11.5 Å². The Morgan fingerprint density at radius 1 is 0.853 bits per heavy atom. The fraction of sp³-hybridized carbons (Fsp3) is 0.192. The SMILES string of the molecule is CCOC(=O)Oc1ccc(C(=O)NCc2ccccc2NC(=O)COc2ccc(C)cc2)cc1. The highest BCUT2D eigenvalue weighted by Gasteiger charge is 2.11. The lowest BCUT2D eigenvalue weighted by atomic mass is 10.1. The van der Waals surface area contributed by atoms with Crippen LogP contribution in [-0.4, -0.2) is 31.2 Å². The van der Waals surface area contributed by atoms with E-state index in [1.165, 1.54) is 12.1 Å². The van der Waals surface area contributed by atoms with Gasteiger partial charge in [0.05, 0.1) is 6.61 Å². The average molecular weight is 463 g/mol. The molecule has 0 radical (unpaired) electrons. The molecule has 0 unspecified atom stereocenters. The Hall–Kier alpha value is -4.33. The first-order valence-corrected chi connectivity index (χ1v) is 10.7. The minimum atomic E-state index is -0.803. The van der Waals surface area contributed by atoms with Gasteiger partial charge in [-0.3, -0.25) is 9.59 Å². The lowest BCUT2D eigenvalue weighted by Crippen LogP contribution is -2.25. The highest BCUT2D eigenvalue weighted by Crippen LogP contribution is 2.17. The molecule has 0 aromatic heterocycles. The van der Waals surface area contributed by atoms with Gasteiger partial charge < -0.3 is 24.8 Å². The molecule has 0 heterocycles. The van der Waals surface area contributed by atoms with Crippen LogP contribution >= 0.6 is 0 Å². The van der Waals surface area contributed by atoms with Crippen molar-refractivity contribution in [1.82, 2.24) is 5.32 Å². The summed E-state index contributed by atoms with van der Waals surface area (Å²) >= 11 is 0. The van der Waals surface area contributed by atoms with Crippen LogP contribution in [0.4, 0.5) is 10.5 Å². The summed E-state index contributed by atoms with van der Waals surface area (Å²) in [5.41, 5.74) is 2.82. The number of ether oxygens (including phenoxy) is 3. The summed E-state index contributed by atoms with van der Waals surface area (Å²) in [4.78, 5) is 36.2. The van der Waals surface area contributed by atoms with Crippen molar-refractivity contribution in [3.63, 3.8) is 0 Å². The highest BCUT2D eigenvalue weighted by atomic mass is 16.7. The van der Waals surface area contributed by atoms with Gasteiger partial charge in [0, 0.05) is 17.8 Å². The van der Waals surface area contributed by atoms with Crippen LogP contribution in [-0.2, 0) is 16.1 Å². The summed E-state index contributed by atoms with van der Waals surface area (Å²) in [6, 6.07) is 20.7. The van der Waals surface area contributed by atoms with Crippen LogP contribution in [0, 0.1) is 6.92 Å². The van der Waals surface area contributed by atoms with Crippen LogP contribution in [0.3, 0.4) is 0 Å². The van der Waals surface area contributed by atoms with Gasteiger partial charge in [-0.2, -0.15) is 0 Å². The Labute approximate surface area is 197 Å². The predicted molar refractivity (Wildman–Crippen MR) is 127 cm³/mol. The van der Waals surface area contributed by atoms with Gasteiger partial charge in [-0.1, -0.05) is 35.9 Å². The highest BCUT2D eigenvalue weighted by molar-refractivity contribution is 5.95. The fourth-order valence-electron chi connectivity index (χ4n) is 2.96. The first-order valence-electron chi connectivity index (χ1n) is 10.7. The molecule has 176 valence electrons. The normalized spacial score (nSPS) is 10.2. The monoisotopic (exact) mass is 462 g/mol. The Balaban J connectivity index is 1.53. The molecule has 0 spiro atoms. The zero-order valence-corrected chi connectivity index (χ0v) is 19.0. The maximum absolute atomic E-state index is 12.5. The van der Waals surface area contributed by atoms with Crippen LogP contribution in [0.15, 0.2) is 72.8 Å². The maximum atomic E-state index is 12.5. The van der Waals surface area contributed by atoms with Gasteiger partial charge in [-0.05, 0) is 61.9 Å². The molecule has 0 bridgehead atoms. The molecule has 0 saturated heterocycles. The molecule has 8 heteroatoms. The quantitative estimate of drug-likeness (QED) is 0.359. The van der Waals surface area contributed by atoms with Gasteiger partial charge in [0.25, 0.3) is 11.8 Å². The van der Waals surface area contributed by atoms with E-state index in [-0.39, 0.29) is 37.3 Å². The Morgan fingerprint density at radius 2 is 1.53 bits per heavy atom. The van der Waals surface area contributed by atoms with E-state index in [2.05, 4.69) is 10.6 Å². The largest absolute Gasteiger partial charge is 0.513 e. The lowest BCUT2D eigenvalue weighted by Gasteiger charge is -2.13. The second-order valence-corrected chi connectivity index (χ2v) is 7.30. The topological polar surface area (TPSA) is 103 Å². The summed E-state index contributed by atoms with van der Waals surface area (Å²) in [6.45, 7) is 3.93. The van der Waals surface area contributed by atoms with Crippen molar-refractivity contribution in [3.05, 3.63) is 89.5 Å². The van der Waals surface area contributed by atoms with Gasteiger partial charge in [0.15, 0.2) is 6.61 Å². The molecule has 3 rings (SSSR count). The molecule has 0 aliphatic heterocycles. The Bertz CT molecular complexity index is 1130. The van der Waals surface area contributed by atoms with Gasteiger partial charge in [-0.15, -0.1) is 0 Å². The van der Waals surface area contributed by atoms with E-state index in [1.807, 2.05) is 43.3 Å². The molecule has 8 nitrogen and oxygen atoms in total. The van der Waals surface area contributed by atoms with Gasteiger partial charge in [0.1, 0.15) is 11.5 Å². The van der Waals surface area contributed by atoms with Crippen LogP contribution in [0.25, 0.3) is 0 Å². The molecule has 0 atom stereocenters. The molecule has 0 saturated carbocycles. The van der Waals surface area contributed by atoms with Crippen molar-refractivity contribution >= 4 is 23.7 Å². The Kier molecular flexibility index (Phi) is 8.62. The summed E-state index contributed by atoms with van der Waals surface area (Å²) < 4.78 is 15.2. The van der Waals surface area contributed by atoms with Crippen LogP contribution in [0.2, 0.25) is 0 Å². The van der Waals surface area contributed by atoms with Crippen molar-refractivity contribution < 1.29 is 28.6 Å². The average Bonchev–Trinajstić information content (AvgIpc) is 2.83. The van der Waals surface area contributed by atoms with E-state index >= 15 is 0 Å². The van der Waals surface area contributed by atoms with Crippen molar-refractivity contribution in [2.45, 2.75) is 20.4 Å². The smallest absolute Gasteiger partial charge is 0.484 e. The van der Waals surface area contributed by atoms with E-state index < -0.39 is 6.16 Å². The summed E-state index contributed by atoms with van der Waals surface area (Å²) in [5.74, 6) is 0.263. The summed E-state index contributed by atoms with van der Waals surface area (Å²) in [6.07, 6.45) is -0.803. The molecule has 2 amide bonds. The number of hydrogen-bond donors (Lipinski definition) is 2. The standard InChI is InChI=1S/C26H26N2O6/c1-3-32-26(31)34-22-14-10-19(11-15-22)25(30)27-16-20-6-4-5-7-23(20)28-24(29)17-33-21-12-8-18(2)9-13-21/h4-15H,3,16-17H2,1-2H3,(H,27,30)(H,28,29). The molecular weight excluding hydrogens is 436 g/mol. The van der Waals surface area contributed by atoms with E-state index in [9.17, 15) is 14.4 Å². The second kappa shape index (κ2) is 12.1. The first-order chi connectivity index (χ1) is 16.4. The third-order valence-corrected chi connectivity index (χ3v) is 4.70. The number of para-hydroxylation sites is 1. The zero-order chi connectivity index (χ0) is 24.3. The van der Waals surface area contributed by atoms with Gasteiger partial charge in [-0.25, -0.2) is 4.79 Å². The molecule has 34 heavy (non-hydrogen) atoms. The molecule has 0 aliphatic carbocycles. The van der Waals surface area contributed by atoms with E-state index in [1.54, 1.807) is 31.2 Å². The van der Waals surface area contributed by atoms with Crippen molar-refractivity contribution in [2.24, 2.45) is 0 Å². The number of carbonyl (C=O) groups is 3. The number of benzene rings is 3. The number of aryl methyl sites for hydroxylation is 1. The predicted octanol–water partition coefficient (Wildman–Crippen LogP) is 4.48. The minimum absolute atomic E-state index is 0.135. The molecule has 3 aromatic rings. The van der Waals surface area contributed by atoms with Crippen molar-refractivity contribution in [2.75, 3.05) is 18.5 Å². The third kappa shape index (κ3) is 7.37. The number of carbonyl (C=O) groups excluding carboxylic acids is 3. The number of anilines is 1. The molecule has 0 fully saturated rings. The van der Waals surface area contributed by atoms with E-state index in [0.717, 1.165) is 11.1 Å². The van der Waals surface area contributed by atoms with Gasteiger partial charge in [0.2, 0.25) is 0 Å². The van der Waals surface area contributed by atoms with Gasteiger partial charge >= 0.3 is 6.16 Å². The first kappa shape index (κ1) is 24.3. The summed E-state index contributed by atoms with van der Waals surface area (Å²) in [7, 11) is 0. The second-order valence-electron chi connectivity index (χ2n) is 7.30. The number of hydrogen-bond acceptors (Lipinski definition) is 6. The number of rotatable bonds is 9. The summed E-state index contributed by atoms with van der Waals surface area (Å²) in [5, 5.41) is 5.63. The third-order valence-electron chi connectivity index (χ3n) is 4.70. The molecule has 0 aliphatic rings. The van der Waals surface area contributed by atoms with E-state index in [4.69, 9.17) is 14.2 Å². The maximum Gasteiger partial charge on any atom is 0.513 e. The molecular formula is C26H26N2O6. The van der Waals surface area contributed by atoms with Crippen LogP contribution in [0.1, 0.15) is 28.4 Å². The number of amides is 2. The van der Waals surface area contributed by atoms with E-state index in [0.29, 0.717) is 17.0 Å². The van der Waals surface area contributed by atoms with Crippen LogP contribution < -0.4 is 20.1 Å². The minimum Gasteiger partial charge on any atom is -0.484 e. The zero-order valence-electron chi connectivity index (χ0n) is 19.0. The van der Waals surface area contributed by atoms with Crippen molar-refractivity contribution in [3.8, 4) is 11.5 Å². The fourth-order valence-corrected chi connectivity index (χ4v) is 2.96. The molecule has 2 N–H and O–H groups in total. The number of nitrogens with one attached hydrogen (secondary N) is 2.